The molecule has 1 unspecified atom stereocenters. The average molecular weight is 306 g/mol. The van der Waals surface area contributed by atoms with E-state index in [2.05, 4.69) is 28.1 Å². The van der Waals surface area contributed by atoms with Crippen LogP contribution in [0.4, 0.5) is 0 Å². The highest BCUT2D eigenvalue weighted by Crippen LogP contribution is 2.30. The van der Waals surface area contributed by atoms with Gasteiger partial charge in [-0.25, -0.2) is 9.59 Å². The molecule has 22 heavy (non-hydrogen) atoms. The highest BCUT2D eigenvalue weighted by Gasteiger charge is 2.27. The fourth-order valence-corrected chi connectivity index (χ4v) is 2.90. The minimum absolute atomic E-state index is 0.220. The van der Waals surface area contributed by atoms with E-state index in [0.717, 1.165) is 25.3 Å². The van der Waals surface area contributed by atoms with E-state index in [4.69, 9.17) is 4.74 Å². The molecule has 0 bridgehead atoms. The third-order valence-corrected chi connectivity index (χ3v) is 4.15. The fraction of sp³-hybridized carbons (Fsp3) is 0.500. The zero-order valence-corrected chi connectivity index (χ0v) is 13.5. The van der Waals surface area contributed by atoms with Crippen molar-refractivity contribution in [1.82, 2.24) is 9.47 Å². The van der Waals surface area contributed by atoms with Crippen molar-refractivity contribution in [3.63, 3.8) is 0 Å². The van der Waals surface area contributed by atoms with E-state index < -0.39 is 11.9 Å². The van der Waals surface area contributed by atoms with Gasteiger partial charge in [0.15, 0.2) is 0 Å². The van der Waals surface area contributed by atoms with Crippen LogP contribution in [0.5, 0.6) is 0 Å². The molecule has 2 rings (SSSR count). The van der Waals surface area contributed by atoms with Gasteiger partial charge in [0.1, 0.15) is 0 Å². The predicted molar refractivity (Wildman–Crippen MR) is 82.1 cm³/mol. The molecule has 1 aromatic rings. The molecule has 0 saturated heterocycles. The normalized spacial score (nSPS) is 18.7. The molecule has 6 nitrogen and oxygen atoms in total. The second kappa shape index (κ2) is 6.79. The minimum Gasteiger partial charge on any atom is -0.466 e. The molecule has 0 saturated carbocycles. The molecule has 2 heterocycles. The van der Waals surface area contributed by atoms with Crippen molar-refractivity contribution in [3.8, 4) is 0 Å². The average Bonchev–Trinajstić information content (AvgIpc) is 2.96. The van der Waals surface area contributed by atoms with Crippen LogP contribution in [0.3, 0.4) is 0 Å². The Labute approximate surface area is 130 Å². The quantitative estimate of drug-likeness (QED) is 0.625. The molecule has 6 heteroatoms. The van der Waals surface area contributed by atoms with Gasteiger partial charge in [-0.2, -0.15) is 0 Å². The number of likely N-dealkylation sites (N-methyl/N-ethyl adjacent to an activating group) is 1. The van der Waals surface area contributed by atoms with Crippen molar-refractivity contribution < 1.29 is 19.1 Å². The van der Waals surface area contributed by atoms with E-state index in [1.165, 1.54) is 20.3 Å². The van der Waals surface area contributed by atoms with Gasteiger partial charge in [0.05, 0.1) is 25.5 Å². The number of hydrogen-bond acceptors (Lipinski definition) is 5. The van der Waals surface area contributed by atoms with Gasteiger partial charge in [0, 0.05) is 30.9 Å². The largest absolute Gasteiger partial charge is 0.466 e. The van der Waals surface area contributed by atoms with Gasteiger partial charge in [0.25, 0.3) is 0 Å². The monoisotopic (exact) mass is 306 g/mol. The van der Waals surface area contributed by atoms with Crippen molar-refractivity contribution in [1.29, 1.82) is 0 Å². The van der Waals surface area contributed by atoms with E-state index >= 15 is 0 Å². The molecule has 0 aliphatic carbocycles. The van der Waals surface area contributed by atoms with Gasteiger partial charge in [0.2, 0.25) is 0 Å². The molecule has 0 N–H and O–H groups in total. The first-order valence-corrected chi connectivity index (χ1v) is 7.35. The van der Waals surface area contributed by atoms with Gasteiger partial charge >= 0.3 is 11.9 Å². The van der Waals surface area contributed by atoms with Crippen LogP contribution in [-0.2, 0) is 25.6 Å². The maximum Gasteiger partial charge on any atom is 0.340 e. The number of rotatable bonds is 4. The summed E-state index contributed by atoms with van der Waals surface area (Å²) in [4.78, 5) is 25.9. The molecule has 0 fully saturated rings. The first-order chi connectivity index (χ1) is 10.5. The van der Waals surface area contributed by atoms with Crippen molar-refractivity contribution in [2.75, 3.05) is 27.3 Å². The molecule has 1 atom stereocenters. The molecule has 120 valence electrons. The van der Waals surface area contributed by atoms with Crippen molar-refractivity contribution in [2.45, 2.75) is 26.4 Å². The van der Waals surface area contributed by atoms with Gasteiger partial charge in [-0.05, 0) is 25.6 Å². The van der Waals surface area contributed by atoms with Gasteiger partial charge < -0.3 is 14.0 Å². The number of carbonyl (C=O) groups is 2. The standard InChI is InChI=1S/C16H22N2O4/c1-5-17-8-9-18-13(11(17)2)6-7-14(18)12(16(20)22-4)10-15(19)21-3/h6-7,10-11H,5,8-9H2,1-4H3. The molecule has 0 aromatic carbocycles. The van der Waals surface area contributed by atoms with Crippen LogP contribution in [0.2, 0.25) is 0 Å². The Hall–Kier alpha value is -2.08. The summed E-state index contributed by atoms with van der Waals surface area (Å²) >= 11 is 0. The van der Waals surface area contributed by atoms with Gasteiger partial charge in [-0.1, -0.05) is 6.92 Å². The predicted octanol–water partition coefficient (Wildman–Crippen LogP) is 1.61. The summed E-state index contributed by atoms with van der Waals surface area (Å²) in [7, 11) is 2.58. The lowest BCUT2D eigenvalue weighted by Gasteiger charge is -2.34. The number of ether oxygens (including phenoxy) is 2. The van der Waals surface area contributed by atoms with Crippen molar-refractivity contribution >= 4 is 17.5 Å². The Bertz CT molecular complexity index is 603. The molecule has 0 amide bonds. The lowest BCUT2D eigenvalue weighted by atomic mass is 10.1. The number of nitrogens with zero attached hydrogens (tertiary/aromatic N) is 2. The van der Waals surface area contributed by atoms with E-state index in [0.29, 0.717) is 5.69 Å². The summed E-state index contributed by atoms with van der Waals surface area (Å²) in [6, 6.07) is 4.12. The molecule has 0 spiro atoms. The first-order valence-electron chi connectivity index (χ1n) is 7.35. The van der Waals surface area contributed by atoms with Crippen molar-refractivity contribution in [3.05, 3.63) is 29.6 Å². The summed E-state index contributed by atoms with van der Waals surface area (Å²) in [5, 5.41) is 0. The third-order valence-electron chi connectivity index (χ3n) is 4.15. The van der Waals surface area contributed by atoms with Gasteiger partial charge in [-0.15, -0.1) is 0 Å². The van der Waals surface area contributed by atoms with E-state index in [9.17, 15) is 9.59 Å². The Morgan fingerprint density at radius 2 is 2.00 bits per heavy atom. The van der Waals surface area contributed by atoms with Crippen LogP contribution in [0.1, 0.15) is 31.3 Å². The van der Waals surface area contributed by atoms with Crippen LogP contribution < -0.4 is 0 Å². The zero-order chi connectivity index (χ0) is 16.3. The summed E-state index contributed by atoms with van der Waals surface area (Å²) in [6.07, 6.45) is 1.19. The zero-order valence-electron chi connectivity index (χ0n) is 13.5. The van der Waals surface area contributed by atoms with Crippen LogP contribution in [-0.4, -0.2) is 48.7 Å². The highest BCUT2D eigenvalue weighted by molar-refractivity contribution is 6.20. The van der Waals surface area contributed by atoms with Crippen LogP contribution in [0.15, 0.2) is 18.2 Å². The number of hydrogen-bond donors (Lipinski definition) is 0. The SMILES string of the molecule is CCN1CCn2c(C(=CC(=O)OC)C(=O)OC)ccc2C1C. The lowest BCUT2D eigenvalue weighted by Crippen LogP contribution is -2.36. The molecule has 1 aromatic heterocycles. The van der Waals surface area contributed by atoms with Crippen LogP contribution >= 0.6 is 0 Å². The topological polar surface area (TPSA) is 60.8 Å². The molecule has 1 aliphatic heterocycles. The van der Waals surface area contributed by atoms with Crippen molar-refractivity contribution in [2.24, 2.45) is 0 Å². The first kappa shape index (κ1) is 16.3. The summed E-state index contributed by atoms with van der Waals surface area (Å²) in [5.41, 5.74) is 2.04. The maximum absolute atomic E-state index is 12.0. The molecule has 1 aliphatic rings. The van der Waals surface area contributed by atoms with E-state index in [1.54, 1.807) is 0 Å². The minimum atomic E-state index is -0.574. The second-order valence-corrected chi connectivity index (χ2v) is 5.17. The summed E-state index contributed by atoms with van der Waals surface area (Å²) in [5.74, 6) is -1.12. The highest BCUT2D eigenvalue weighted by atomic mass is 16.5. The summed E-state index contributed by atoms with van der Waals surface area (Å²) < 4.78 is 11.5. The molecular weight excluding hydrogens is 284 g/mol. The van der Waals surface area contributed by atoms with Crippen LogP contribution in [0.25, 0.3) is 5.57 Å². The molecule has 0 radical (unpaired) electrons. The smallest absolute Gasteiger partial charge is 0.340 e. The van der Waals surface area contributed by atoms with E-state index in [1.807, 2.05) is 12.1 Å². The second-order valence-electron chi connectivity index (χ2n) is 5.17. The lowest BCUT2D eigenvalue weighted by molar-refractivity contribution is -0.136. The number of methoxy groups -OCH3 is 2. The summed E-state index contributed by atoms with van der Waals surface area (Å²) in [6.45, 7) is 6.92. The fourth-order valence-electron chi connectivity index (χ4n) is 2.90. The molecular formula is C16H22N2O4. The number of carbonyl (C=O) groups excluding carboxylic acids is 2. The number of esters is 2. The Balaban J connectivity index is 2.46. The Morgan fingerprint density at radius 3 is 2.59 bits per heavy atom. The number of fused-ring (bicyclic) bond motifs is 1. The third kappa shape index (κ3) is 2.92. The van der Waals surface area contributed by atoms with Gasteiger partial charge in [-0.3, -0.25) is 4.90 Å². The van der Waals surface area contributed by atoms with E-state index in [-0.39, 0.29) is 11.6 Å². The van der Waals surface area contributed by atoms with Crippen LogP contribution in [0, 0.1) is 0 Å². The Morgan fingerprint density at radius 1 is 1.27 bits per heavy atom. The number of aromatic nitrogens is 1. The maximum atomic E-state index is 12.0. The Kier molecular flexibility index (Phi) is 5.03.